The molecule has 1 heterocycles. The number of rotatable bonds is 5. The number of benzene rings is 2. The van der Waals surface area contributed by atoms with E-state index in [-0.39, 0.29) is 10.8 Å². The van der Waals surface area contributed by atoms with E-state index in [1.807, 2.05) is 12.1 Å². The van der Waals surface area contributed by atoms with Gasteiger partial charge in [-0.1, -0.05) is 71.4 Å². The van der Waals surface area contributed by atoms with E-state index < -0.39 is 0 Å². The monoisotopic (exact) mass is 405 g/mol. The lowest BCUT2D eigenvalue weighted by molar-refractivity contribution is 0.423. The van der Waals surface area contributed by atoms with E-state index in [9.17, 15) is 5.11 Å². The molecule has 30 heavy (non-hydrogen) atoms. The second-order valence-corrected chi connectivity index (χ2v) is 10.4. The lowest BCUT2D eigenvalue weighted by Gasteiger charge is -2.27. The molecular weight excluding hydrogens is 370 g/mol. The second-order valence-electron chi connectivity index (χ2n) is 10.4. The molecule has 3 rings (SSSR count). The lowest BCUT2D eigenvalue weighted by atomic mass is 9.78. The fourth-order valence-electron chi connectivity index (χ4n) is 3.68. The van der Waals surface area contributed by atoms with E-state index in [4.69, 9.17) is 9.40 Å². The second kappa shape index (κ2) is 8.29. The number of hydrogen-bond acceptors (Lipinski definition) is 3. The maximum atomic E-state index is 10.9. The van der Waals surface area contributed by atoms with Crippen molar-refractivity contribution >= 4 is 0 Å². The maximum Gasteiger partial charge on any atom is 0.226 e. The number of aromatic hydroxyl groups is 1. The first-order chi connectivity index (χ1) is 13.9. The van der Waals surface area contributed by atoms with E-state index in [0.717, 1.165) is 41.6 Å². The van der Waals surface area contributed by atoms with Gasteiger partial charge in [0, 0.05) is 16.7 Å². The van der Waals surface area contributed by atoms with Crippen molar-refractivity contribution in [1.29, 1.82) is 0 Å². The quantitative estimate of drug-likeness (QED) is 0.491. The number of aryl methyl sites for hydroxylation is 3. The molecule has 1 N–H and O–H groups in total. The van der Waals surface area contributed by atoms with Crippen LogP contribution < -0.4 is 0 Å². The number of hydrogen-bond donors (Lipinski definition) is 1. The van der Waals surface area contributed by atoms with E-state index >= 15 is 0 Å². The van der Waals surface area contributed by atoms with Gasteiger partial charge in [0.1, 0.15) is 12.0 Å². The SMILES string of the molecule is Cc1ccc(CCCc2coc(-c3cc(C(C)(C)C)c(O)c(C(C)(C)C)c3)n2)cc1. The maximum absolute atomic E-state index is 10.9. The molecule has 0 aliphatic carbocycles. The molecule has 3 nitrogen and oxygen atoms in total. The van der Waals surface area contributed by atoms with Gasteiger partial charge in [0.15, 0.2) is 0 Å². The van der Waals surface area contributed by atoms with Gasteiger partial charge in [-0.15, -0.1) is 0 Å². The summed E-state index contributed by atoms with van der Waals surface area (Å²) in [5, 5.41) is 10.9. The third-order valence-electron chi connectivity index (χ3n) is 5.54. The van der Waals surface area contributed by atoms with Gasteiger partial charge in [-0.05, 0) is 54.7 Å². The van der Waals surface area contributed by atoms with Gasteiger partial charge in [0.2, 0.25) is 5.89 Å². The molecule has 0 aliphatic rings. The molecule has 0 unspecified atom stereocenters. The number of oxazole rings is 1. The van der Waals surface area contributed by atoms with Crippen molar-refractivity contribution in [3.05, 3.63) is 70.6 Å². The Bertz CT molecular complexity index is 964. The van der Waals surface area contributed by atoms with Gasteiger partial charge >= 0.3 is 0 Å². The van der Waals surface area contributed by atoms with Gasteiger partial charge in [-0.2, -0.15) is 0 Å². The zero-order valence-electron chi connectivity index (χ0n) is 19.5. The summed E-state index contributed by atoms with van der Waals surface area (Å²) >= 11 is 0. The van der Waals surface area contributed by atoms with Gasteiger partial charge in [0.05, 0.1) is 5.69 Å². The van der Waals surface area contributed by atoms with Crippen LogP contribution in [0.4, 0.5) is 0 Å². The highest BCUT2D eigenvalue weighted by atomic mass is 16.3. The molecule has 0 amide bonds. The van der Waals surface area contributed by atoms with Crippen LogP contribution in [0, 0.1) is 6.92 Å². The summed E-state index contributed by atoms with van der Waals surface area (Å²) in [6.45, 7) is 14.8. The minimum Gasteiger partial charge on any atom is -0.507 e. The smallest absolute Gasteiger partial charge is 0.226 e. The Morgan fingerprint density at radius 3 is 1.97 bits per heavy atom. The molecule has 0 bridgehead atoms. The topological polar surface area (TPSA) is 46.3 Å². The van der Waals surface area contributed by atoms with E-state index in [0.29, 0.717) is 11.6 Å². The minimum atomic E-state index is -0.177. The molecule has 0 radical (unpaired) electrons. The zero-order chi connectivity index (χ0) is 22.1. The van der Waals surface area contributed by atoms with Crippen molar-refractivity contribution in [3.8, 4) is 17.2 Å². The first-order valence-corrected chi connectivity index (χ1v) is 10.8. The van der Waals surface area contributed by atoms with Crippen LogP contribution in [0.15, 0.2) is 47.1 Å². The minimum absolute atomic E-state index is 0.177. The summed E-state index contributed by atoms with van der Waals surface area (Å²) in [7, 11) is 0. The Labute approximate surface area is 181 Å². The molecule has 160 valence electrons. The van der Waals surface area contributed by atoms with Crippen LogP contribution in [0.5, 0.6) is 5.75 Å². The van der Waals surface area contributed by atoms with E-state index in [2.05, 4.69) is 72.7 Å². The van der Waals surface area contributed by atoms with Crippen LogP contribution in [0.1, 0.15) is 75.9 Å². The summed E-state index contributed by atoms with van der Waals surface area (Å²) in [6.07, 6.45) is 4.72. The Kier molecular flexibility index (Phi) is 6.12. The molecule has 0 aliphatic heterocycles. The Hall–Kier alpha value is -2.55. The first kappa shape index (κ1) is 22.1. The summed E-state index contributed by atoms with van der Waals surface area (Å²) in [4.78, 5) is 4.75. The van der Waals surface area contributed by atoms with Crippen molar-refractivity contribution in [2.45, 2.75) is 78.6 Å². The fraction of sp³-hybridized carbons (Fsp3) is 0.444. The van der Waals surface area contributed by atoms with E-state index in [1.54, 1.807) is 6.26 Å². The van der Waals surface area contributed by atoms with Crippen molar-refractivity contribution < 1.29 is 9.52 Å². The summed E-state index contributed by atoms with van der Waals surface area (Å²) in [5.74, 6) is 1.000. The molecule has 1 aromatic heterocycles. The Morgan fingerprint density at radius 1 is 0.867 bits per heavy atom. The van der Waals surface area contributed by atoms with Crippen LogP contribution in [-0.4, -0.2) is 10.1 Å². The lowest BCUT2D eigenvalue weighted by Crippen LogP contribution is -2.17. The van der Waals surface area contributed by atoms with Crippen molar-refractivity contribution in [1.82, 2.24) is 4.98 Å². The van der Waals surface area contributed by atoms with Crippen LogP contribution in [-0.2, 0) is 23.7 Å². The van der Waals surface area contributed by atoms with Crippen LogP contribution in [0.25, 0.3) is 11.5 Å². The van der Waals surface area contributed by atoms with Crippen molar-refractivity contribution in [2.75, 3.05) is 0 Å². The van der Waals surface area contributed by atoms with Crippen molar-refractivity contribution in [3.63, 3.8) is 0 Å². The van der Waals surface area contributed by atoms with Gasteiger partial charge in [-0.25, -0.2) is 4.98 Å². The highest BCUT2D eigenvalue weighted by molar-refractivity contribution is 5.63. The van der Waals surface area contributed by atoms with Crippen LogP contribution in [0.2, 0.25) is 0 Å². The Morgan fingerprint density at radius 2 is 1.43 bits per heavy atom. The molecule has 3 aromatic rings. The molecule has 0 spiro atoms. The first-order valence-electron chi connectivity index (χ1n) is 10.8. The summed E-state index contributed by atoms with van der Waals surface area (Å²) < 4.78 is 5.85. The van der Waals surface area contributed by atoms with E-state index in [1.165, 1.54) is 11.1 Å². The number of nitrogens with zero attached hydrogens (tertiary/aromatic N) is 1. The van der Waals surface area contributed by atoms with Crippen LogP contribution in [0.3, 0.4) is 0 Å². The number of phenols is 1. The Balaban J connectivity index is 1.82. The van der Waals surface area contributed by atoms with Crippen molar-refractivity contribution in [2.24, 2.45) is 0 Å². The normalized spacial score (nSPS) is 12.4. The summed E-state index contributed by atoms with van der Waals surface area (Å²) in [6, 6.07) is 12.8. The van der Waals surface area contributed by atoms with Gasteiger partial charge < -0.3 is 9.52 Å². The molecule has 2 aromatic carbocycles. The predicted molar refractivity (Wildman–Crippen MR) is 124 cm³/mol. The molecule has 0 atom stereocenters. The molecular formula is C27H35NO2. The summed E-state index contributed by atoms with van der Waals surface area (Å²) in [5.41, 5.74) is 6.03. The average Bonchev–Trinajstić information content (AvgIpc) is 3.10. The number of aromatic nitrogens is 1. The van der Waals surface area contributed by atoms with Gasteiger partial charge in [0.25, 0.3) is 0 Å². The van der Waals surface area contributed by atoms with Crippen LogP contribution >= 0.6 is 0 Å². The highest BCUT2D eigenvalue weighted by Gasteiger charge is 2.27. The highest BCUT2D eigenvalue weighted by Crippen LogP contribution is 2.41. The largest absolute Gasteiger partial charge is 0.507 e. The molecule has 3 heteroatoms. The third-order valence-corrected chi connectivity index (χ3v) is 5.54. The van der Waals surface area contributed by atoms with Gasteiger partial charge in [-0.3, -0.25) is 0 Å². The molecule has 0 saturated heterocycles. The molecule has 0 saturated carbocycles. The third kappa shape index (κ3) is 5.13. The molecule has 0 fully saturated rings. The number of phenolic OH excluding ortho intramolecular Hbond substituents is 1. The fourth-order valence-corrected chi connectivity index (χ4v) is 3.68. The average molecular weight is 406 g/mol. The standard InChI is InChI=1S/C27H35NO2/c1-18-11-13-19(14-12-18)9-8-10-21-17-30-25(28-21)20-15-22(26(2,3)4)24(29)23(16-20)27(5,6)7/h11-17,29H,8-10H2,1-7H3. The zero-order valence-corrected chi connectivity index (χ0v) is 19.5. The predicted octanol–water partition coefficient (Wildman–Crippen LogP) is 7.13.